The van der Waals surface area contributed by atoms with Crippen LogP contribution in [0.25, 0.3) is 0 Å². The fourth-order valence-corrected chi connectivity index (χ4v) is 1.34. The number of hydrogen-bond acceptors (Lipinski definition) is 3. The molecule has 0 aliphatic heterocycles. The molecule has 0 aromatic rings. The van der Waals surface area contributed by atoms with Gasteiger partial charge >= 0.3 is 45.5 Å². The molecule has 0 aromatic carbocycles. The maximum absolute atomic E-state index is 12.7. The molecular formula is C6H5F12NO3S. The molecule has 23 heavy (non-hydrogen) atoms. The summed E-state index contributed by atoms with van der Waals surface area (Å²) in [6.07, 6.45) is -5.69. The summed E-state index contributed by atoms with van der Waals surface area (Å²) in [5, 5.41) is -7.38. The van der Waals surface area contributed by atoms with E-state index in [1.54, 1.807) is 0 Å². The summed E-state index contributed by atoms with van der Waals surface area (Å²) < 4.78 is 176. The Hall–Kier alpha value is -0.970. The van der Waals surface area contributed by atoms with E-state index in [-0.39, 0.29) is 6.15 Å². The van der Waals surface area contributed by atoms with E-state index in [2.05, 4.69) is 0 Å². The van der Waals surface area contributed by atoms with Crippen LogP contribution < -0.4 is 6.15 Å². The van der Waals surface area contributed by atoms with E-state index in [1.807, 2.05) is 0 Å². The van der Waals surface area contributed by atoms with Crippen LogP contribution in [-0.2, 0) is 10.1 Å². The Morgan fingerprint density at radius 3 is 1.22 bits per heavy atom. The molecule has 0 aliphatic carbocycles. The maximum atomic E-state index is 12.7. The SMILES string of the molecule is N.O=S(=O)(O)C(F)(F)C(F)(F)C(F)(F)C(F)(F)C(F)(F)C(F)F. The Morgan fingerprint density at radius 1 is 0.696 bits per heavy atom. The minimum atomic E-state index is -7.99. The van der Waals surface area contributed by atoms with Crippen LogP contribution in [0.1, 0.15) is 0 Å². The molecule has 0 aromatic heterocycles. The van der Waals surface area contributed by atoms with Crippen LogP contribution in [0.2, 0.25) is 0 Å². The van der Waals surface area contributed by atoms with Crippen molar-refractivity contribution < 1.29 is 65.7 Å². The standard InChI is InChI=1S/C6H2F12O3S.H3N/c7-1(8)2(9,10)3(11,12)4(13,14)5(15,16)6(17,18)22(19,20)21;/h1H,(H,19,20,21);1H3. The molecule has 0 spiro atoms. The molecule has 0 amide bonds. The minimum absolute atomic E-state index is 0. The van der Waals surface area contributed by atoms with Gasteiger partial charge in [-0.05, 0) is 0 Å². The molecule has 0 fully saturated rings. The van der Waals surface area contributed by atoms with Crippen molar-refractivity contribution >= 4 is 10.1 Å². The van der Waals surface area contributed by atoms with E-state index in [1.165, 1.54) is 0 Å². The van der Waals surface area contributed by atoms with Crippen LogP contribution in [-0.4, -0.2) is 48.3 Å². The first-order valence-electron chi connectivity index (χ1n) is 4.33. The molecule has 0 aliphatic rings. The first kappa shape index (κ1) is 24.3. The normalized spacial score (nSPS) is 15.6. The fraction of sp³-hybridized carbons (Fsp3) is 1.00. The van der Waals surface area contributed by atoms with Gasteiger partial charge in [-0.2, -0.15) is 52.3 Å². The van der Waals surface area contributed by atoms with E-state index in [0.717, 1.165) is 0 Å². The van der Waals surface area contributed by atoms with Gasteiger partial charge in [0.25, 0.3) is 0 Å². The highest BCUT2D eigenvalue weighted by Gasteiger charge is 2.90. The van der Waals surface area contributed by atoms with Gasteiger partial charge < -0.3 is 6.15 Å². The molecule has 0 heterocycles. The number of alkyl halides is 12. The van der Waals surface area contributed by atoms with Crippen LogP contribution >= 0.6 is 0 Å². The zero-order valence-electron chi connectivity index (χ0n) is 9.99. The van der Waals surface area contributed by atoms with E-state index in [4.69, 9.17) is 4.55 Å². The van der Waals surface area contributed by atoms with Gasteiger partial charge in [-0.25, -0.2) is 8.78 Å². The van der Waals surface area contributed by atoms with Crippen molar-refractivity contribution in [1.29, 1.82) is 0 Å². The Kier molecular flexibility index (Phi) is 6.16. The lowest BCUT2D eigenvalue weighted by Gasteiger charge is -2.37. The first-order chi connectivity index (χ1) is 9.19. The lowest BCUT2D eigenvalue weighted by atomic mass is 9.99. The van der Waals surface area contributed by atoms with Crippen molar-refractivity contribution in [2.45, 2.75) is 35.4 Å². The summed E-state index contributed by atoms with van der Waals surface area (Å²) in [6, 6.07) is 0. The maximum Gasteiger partial charge on any atom is 0.438 e. The van der Waals surface area contributed by atoms with Crippen molar-refractivity contribution in [3.63, 3.8) is 0 Å². The highest BCUT2D eigenvalue weighted by molar-refractivity contribution is 7.87. The predicted molar refractivity (Wildman–Crippen MR) is 47.3 cm³/mol. The zero-order valence-corrected chi connectivity index (χ0v) is 10.8. The predicted octanol–water partition coefficient (Wildman–Crippen LogP) is 3.44. The van der Waals surface area contributed by atoms with Crippen molar-refractivity contribution in [2.24, 2.45) is 0 Å². The van der Waals surface area contributed by atoms with E-state index in [0.29, 0.717) is 0 Å². The van der Waals surface area contributed by atoms with Gasteiger partial charge in [0, 0.05) is 0 Å². The average Bonchev–Trinajstić information content (AvgIpc) is 2.25. The van der Waals surface area contributed by atoms with Gasteiger partial charge in [0.2, 0.25) is 0 Å². The molecule has 0 radical (unpaired) electrons. The van der Waals surface area contributed by atoms with Crippen LogP contribution in [0.15, 0.2) is 0 Å². The molecule has 4 nitrogen and oxygen atoms in total. The van der Waals surface area contributed by atoms with Crippen molar-refractivity contribution in [3.05, 3.63) is 0 Å². The van der Waals surface area contributed by atoms with Gasteiger partial charge in [-0.1, -0.05) is 0 Å². The van der Waals surface area contributed by atoms with Gasteiger partial charge in [0.15, 0.2) is 0 Å². The molecule has 0 saturated carbocycles. The number of halogens is 12. The Bertz CT molecular complexity index is 529. The molecule has 0 rings (SSSR count). The zero-order chi connectivity index (χ0) is 18.6. The molecular weight excluding hydrogens is 394 g/mol. The Morgan fingerprint density at radius 2 is 1.00 bits per heavy atom. The van der Waals surface area contributed by atoms with Crippen LogP contribution in [0.3, 0.4) is 0 Å². The van der Waals surface area contributed by atoms with Gasteiger partial charge in [-0.3, -0.25) is 4.55 Å². The number of hydrogen-bond donors (Lipinski definition) is 2. The monoisotopic (exact) mass is 399 g/mol. The lowest BCUT2D eigenvalue weighted by molar-refractivity contribution is -0.402. The third kappa shape index (κ3) is 3.04. The molecule has 0 unspecified atom stereocenters. The summed E-state index contributed by atoms with van der Waals surface area (Å²) in [7, 11) is -7.50. The summed E-state index contributed by atoms with van der Waals surface area (Å²) in [5.74, 6) is -30.9. The van der Waals surface area contributed by atoms with Crippen LogP contribution in [0.5, 0.6) is 0 Å². The minimum Gasteiger partial charge on any atom is -0.344 e. The average molecular weight is 399 g/mol. The second kappa shape index (κ2) is 5.83. The van der Waals surface area contributed by atoms with Gasteiger partial charge in [-0.15, -0.1) is 0 Å². The second-order valence-corrected chi connectivity index (χ2v) is 5.10. The van der Waals surface area contributed by atoms with Gasteiger partial charge in [0.1, 0.15) is 0 Å². The fourth-order valence-electron chi connectivity index (χ4n) is 0.888. The van der Waals surface area contributed by atoms with Crippen molar-refractivity contribution in [2.75, 3.05) is 0 Å². The molecule has 4 N–H and O–H groups in total. The first-order valence-corrected chi connectivity index (χ1v) is 5.78. The van der Waals surface area contributed by atoms with Gasteiger partial charge in [0.05, 0.1) is 0 Å². The second-order valence-electron chi connectivity index (χ2n) is 3.64. The third-order valence-corrected chi connectivity index (χ3v) is 3.08. The smallest absolute Gasteiger partial charge is 0.344 e. The quantitative estimate of drug-likeness (QED) is 0.529. The van der Waals surface area contributed by atoms with Crippen LogP contribution in [0.4, 0.5) is 52.7 Å². The summed E-state index contributed by atoms with van der Waals surface area (Å²) in [5.41, 5.74) is 0. The molecule has 142 valence electrons. The third-order valence-electron chi connectivity index (χ3n) is 2.17. The van der Waals surface area contributed by atoms with E-state index in [9.17, 15) is 61.1 Å². The van der Waals surface area contributed by atoms with Crippen molar-refractivity contribution in [1.82, 2.24) is 6.15 Å². The van der Waals surface area contributed by atoms with Crippen LogP contribution in [0, 0.1) is 0 Å². The summed E-state index contributed by atoms with van der Waals surface area (Å²) in [6.45, 7) is 0. The Balaban J connectivity index is 0. The number of rotatable bonds is 6. The summed E-state index contributed by atoms with van der Waals surface area (Å²) >= 11 is 0. The molecule has 0 saturated heterocycles. The highest BCUT2D eigenvalue weighted by Crippen LogP contribution is 2.58. The largest absolute Gasteiger partial charge is 0.438 e. The molecule has 0 bridgehead atoms. The highest BCUT2D eigenvalue weighted by atomic mass is 32.2. The molecule has 0 atom stereocenters. The lowest BCUT2D eigenvalue weighted by Crippen LogP contribution is -2.69. The Labute approximate surface area is 118 Å². The van der Waals surface area contributed by atoms with E-state index >= 15 is 0 Å². The van der Waals surface area contributed by atoms with Crippen molar-refractivity contribution in [3.8, 4) is 0 Å². The summed E-state index contributed by atoms with van der Waals surface area (Å²) in [4.78, 5) is 0. The molecule has 17 heteroatoms. The topological polar surface area (TPSA) is 89.4 Å². The van der Waals surface area contributed by atoms with E-state index < -0.39 is 45.5 Å².